The van der Waals surface area contributed by atoms with E-state index in [1.165, 1.54) is 4.68 Å². The Kier molecular flexibility index (Phi) is 1.92. The van der Waals surface area contributed by atoms with Crippen LogP contribution in [0.1, 0.15) is 11.4 Å². The Bertz CT molecular complexity index is 460. The summed E-state index contributed by atoms with van der Waals surface area (Å²) < 4.78 is 1.53. The Morgan fingerprint density at radius 1 is 1.36 bits per heavy atom. The van der Waals surface area contributed by atoms with E-state index in [4.69, 9.17) is 5.73 Å². The fourth-order valence-corrected chi connectivity index (χ4v) is 1.24. The standard InChI is InChI=1S/C9H11N5/c1-6-3-4-11-8(5-6)14-9(10)12-7(2)13-14/h3-5H,1-2H3,(H2,10,12,13). The van der Waals surface area contributed by atoms with Gasteiger partial charge in [-0.2, -0.15) is 9.67 Å². The maximum Gasteiger partial charge on any atom is 0.225 e. The minimum atomic E-state index is 0.362. The van der Waals surface area contributed by atoms with E-state index < -0.39 is 0 Å². The number of anilines is 1. The van der Waals surface area contributed by atoms with Gasteiger partial charge in [-0.05, 0) is 31.5 Å². The van der Waals surface area contributed by atoms with E-state index in [2.05, 4.69) is 15.1 Å². The van der Waals surface area contributed by atoms with Gasteiger partial charge in [-0.1, -0.05) is 0 Å². The molecule has 72 valence electrons. The maximum absolute atomic E-state index is 5.67. The third-order valence-electron chi connectivity index (χ3n) is 1.86. The van der Waals surface area contributed by atoms with Crippen molar-refractivity contribution >= 4 is 5.95 Å². The number of pyridine rings is 1. The number of nitrogens with two attached hydrogens (primary N) is 1. The lowest BCUT2D eigenvalue weighted by Crippen LogP contribution is -2.04. The third kappa shape index (κ3) is 1.44. The van der Waals surface area contributed by atoms with Gasteiger partial charge in [0.15, 0.2) is 5.82 Å². The summed E-state index contributed by atoms with van der Waals surface area (Å²) in [7, 11) is 0. The zero-order valence-corrected chi connectivity index (χ0v) is 8.10. The molecule has 0 spiro atoms. The molecule has 2 heterocycles. The predicted octanol–water partition coefficient (Wildman–Crippen LogP) is 0.861. The van der Waals surface area contributed by atoms with E-state index in [1.807, 2.05) is 19.1 Å². The number of hydrogen-bond donors (Lipinski definition) is 1. The van der Waals surface area contributed by atoms with Gasteiger partial charge in [0.1, 0.15) is 5.82 Å². The Labute approximate surface area is 81.6 Å². The zero-order chi connectivity index (χ0) is 10.1. The lowest BCUT2D eigenvalue weighted by Gasteiger charge is -2.01. The van der Waals surface area contributed by atoms with E-state index in [0.717, 1.165) is 5.56 Å². The summed E-state index contributed by atoms with van der Waals surface area (Å²) >= 11 is 0. The van der Waals surface area contributed by atoms with Gasteiger partial charge in [0.25, 0.3) is 0 Å². The molecule has 0 saturated carbocycles. The molecule has 0 radical (unpaired) electrons. The fraction of sp³-hybridized carbons (Fsp3) is 0.222. The van der Waals surface area contributed by atoms with Gasteiger partial charge in [0, 0.05) is 6.20 Å². The Morgan fingerprint density at radius 3 is 2.71 bits per heavy atom. The topological polar surface area (TPSA) is 69.6 Å². The molecule has 0 atom stereocenters. The van der Waals surface area contributed by atoms with Crippen LogP contribution in [0.4, 0.5) is 5.95 Å². The first-order valence-corrected chi connectivity index (χ1v) is 4.29. The molecule has 2 rings (SSSR count). The van der Waals surface area contributed by atoms with Gasteiger partial charge < -0.3 is 5.73 Å². The molecule has 0 aliphatic heterocycles. The van der Waals surface area contributed by atoms with Gasteiger partial charge in [-0.3, -0.25) is 0 Å². The molecule has 2 aromatic heterocycles. The number of aromatic nitrogens is 4. The molecule has 5 heteroatoms. The van der Waals surface area contributed by atoms with Crippen LogP contribution in [0.3, 0.4) is 0 Å². The molecular formula is C9H11N5. The average molecular weight is 189 g/mol. The normalized spacial score (nSPS) is 10.4. The summed E-state index contributed by atoms with van der Waals surface area (Å²) in [6, 6.07) is 3.83. The van der Waals surface area contributed by atoms with Crippen molar-refractivity contribution in [2.24, 2.45) is 0 Å². The second-order valence-electron chi connectivity index (χ2n) is 3.12. The van der Waals surface area contributed by atoms with Gasteiger partial charge >= 0.3 is 0 Å². The Balaban J connectivity index is 2.54. The second-order valence-corrected chi connectivity index (χ2v) is 3.12. The van der Waals surface area contributed by atoms with Crippen molar-refractivity contribution in [2.75, 3.05) is 5.73 Å². The number of hydrogen-bond acceptors (Lipinski definition) is 4. The molecule has 2 N–H and O–H groups in total. The van der Waals surface area contributed by atoms with Crippen LogP contribution < -0.4 is 5.73 Å². The lowest BCUT2D eigenvalue weighted by atomic mass is 10.3. The molecule has 2 aromatic rings. The first-order valence-electron chi connectivity index (χ1n) is 4.29. The first-order chi connectivity index (χ1) is 6.66. The first kappa shape index (κ1) is 8.68. The fourth-order valence-electron chi connectivity index (χ4n) is 1.24. The van der Waals surface area contributed by atoms with Crippen molar-refractivity contribution in [3.8, 4) is 5.82 Å². The zero-order valence-electron chi connectivity index (χ0n) is 8.10. The van der Waals surface area contributed by atoms with Crippen molar-refractivity contribution in [3.63, 3.8) is 0 Å². The Hall–Kier alpha value is -1.91. The van der Waals surface area contributed by atoms with Crippen LogP contribution in [0.25, 0.3) is 5.82 Å². The number of nitrogen functional groups attached to an aromatic ring is 1. The summed E-state index contributed by atoms with van der Waals surface area (Å²) in [5, 5.41) is 4.14. The predicted molar refractivity (Wildman–Crippen MR) is 53.0 cm³/mol. The highest BCUT2D eigenvalue weighted by molar-refractivity contribution is 5.33. The summed E-state index contributed by atoms with van der Waals surface area (Å²) in [6.45, 7) is 3.79. The summed E-state index contributed by atoms with van der Waals surface area (Å²) in [4.78, 5) is 8.17. The van der Waals surface area contributed by atoms with Crippen LogP contribution in [0, 0.1) is 13.8 Å². The molecule has 0 unspecified atom stereocenters. The average Bonchev–Trinajstić information content (AvgIpc) is 2.45. The molecule has 0 bridgehead atoms. The second kappa shape index (κ2) is 3.10. The molecule has 0 aromatic carbocycles. The van der Waals surface area contributed by atoms with Gasteiger partial charge in [0.05, 0.1) is 0 Å². The van der Waals surface area contributed by atoms with E-state index in [-0.39, 0.29) is 0 Å². The van der Waals surface area contributed by atoms with Crippen molar-refractivity contribution in [3.05, 3.63) is 29.7 Å². The molecular weight excluding hydrogens is 178 g/mol. The van der Waals surface area contributed by atoms with E-state index in [0.29, 0.717) is 17.6 Å². The minimum Gasteiger partial charge on any atom is -0.368 e. The van der Waals surface area contributed by atoms with Crippen molar-refractivity contribution in [1.29, 1.82) is 0 Å². The van der Waals surface area contributed by atoms with E-state index in [9.17, 15) is 0 Å². The van der Waals surface area contributed by atoms with Crippen LogP contribution >= 0.6 is 0 Å². The van der Waals surface area contributed by atoms with Crippen LogP contribution in [0.15, 0.2) is 18.3 Å². The van der Waals surface area contributed by atoms with Crippen LogP contribution in [-0.2, 0) is 0 Å². The lowest BCUT2D eigenvalue weighted by molar-refractivity contribution is 0.840. The summed E-state index contributed by atoms with van der Waals surface area (Å²) in [5.41, 5.74) is 6.79. The molecule has 0 aliphatic rings. The molecule has 0 fully saturated rings. The molecule has 0 saturated heterocycles. The van der Waals surface area contributed by atoms with E-state index in [1.54, 1.807) is 13.1 Å². The number of nitrogens with zero attached hydrogens (tertiary/aromatic N) is 4. The molecule has 5 nitrogen and oxygen atoms in total. The summed E-state index contributed by atoms with van der Waals surface area (Å²) in [6.07, 6.45) is 1.72. The van der Waals surface area contributed by atoms with Crippen LogP contribution in [-0.4, -0.2) is 19.7 Å². The molecule has 0 amide bonds. The van der Waals surface area contributed by atoms with Crippen molar-refractivity contribution in [2.45, 2.75) is 13.8 Å². The van der Waals surface area contributed by atoms with Crippen molar-refractivity contribution < 1.29 is 0 Å². The Morgan fingerprint density at radius 2 is 2.14 bits per heavy atom. The third-order valence-corrected chi connectivity index (χ3v) is 1.86. The molecule has 14 heavy (non-hydrogen) atoms. The number of aryl methyl sites for hydroxylation is 2. The maximum atomic E-state index is 5.67. The highest BCUT2D eigenvalue weighted by Crippen LogP contribution is 2.09. The van der Waals surface area contributed by atoms with E-state index >= 15 is 0 Å². The molecule has 0 aliphatic carbocycles. The van der Waals surface area contributed by atoms with Gasteiger partial charge in [-0.25, -0.2) is 4.98 Å². The minimum absolute atomic E-state index is 0.362. The van der Waals surface area contributed by atoms with Crippen LogP contribution in [0.5, 0.6) is 0 Å². The smallest absolute Gasteiger partial charge is 0.225 e. The SMILES string of the molecule is Cc1ccnc(-n2nc(C)nc2N)c1. The highest BCUT2D eigenvalue weighted by atomic mass is 15.4. The van der Waals surface area contributed by atoms with Gasteiger partial charge in [0.2, 0.25) is 5.95 Å². The number of rotatable bonds is 1. The largest absolute Gasteiger partial charge is 0.368 e. The monoisotopic (exact) mass is 189 g/mol. The highest BCUT2D eigenvalue weighted by Gasteiger charge is 2.06. The van der Waals surface area contributed by atoms with Gasteiger partial charge in [-0.15, -0.1) is 5.10 Å². The van der Waals surface area contributed by atoms with Crippen molar-refractivity contribution in [1.82, 2.24) is 19.7 Å². The van der Waals surface area contributed by atoms with Crippen LogP contribution in [0.2, 0.25) is 0 Å². The summed E-state index contributed by atoms with van der Waals surface area (Å²) in [5.74, 6) is 1.70. The quantitative estimate of drug-likeness (QED) is 0.722.